The van der Waals surface area contributed by atoms with Crippen molar-refractivity contribution in [2.24, 2.45) is 0 Å². The van der Waals surface area contributed by atoms with E-state index in [2.05, 4.69) is 10.6 Å². The highest BCUT2D eigenvalue weighted by molar-refractivity contribution is 7.91. The largest absolute Gasteiger partial charge is 0.352 e. The van der Waals surface area contributed by atoms with Crippen LogP contribution in [0, 0.1) is 0 Å². The SMILES string of the molecule is O=C(CCNC1CC1)NC1CCS(=O)(=O)C1. The summed E-state index contributed by atoms with van der Waals surface area (Å²) < 4.78 is 22.3. The van der Waals surface area contributed by atoms with Crippen LogP contribution in [0.25, 0.3) is 0 Å². The highest BCUT2D eigenvalue weighted by Crippen LogP contribution is 2.18. The van der Waals surface area contributed by atoms with Crippen LogP contribution >= 0.6 is 0 Å². The molecule has 5 nitrogen and oxygen atoms in total. The maximum absolute atomic E-state index is 11.5. The Morgan fingerprint density at radius 3 is 2.50 bits per heavy atom. The fourth-order valence-electron chi connectivity index (χ4n) is 1.89. The summed E-state index contributed by atoms with van der Waals surface area (Å²) in [4.78, 5) is 11.5. The van der Waals surface area contributed by atoms with Gasteiger partial charge in [0.25, 0.3) is 0 Å². The van der Waals surface area contributed by atoms with Crippen molar-refractivity contribution >= 4 is 15.7 Å². The van der Waals surface area contributed by atoms with Crippen LogP contribution in [0.3, 0.4) is 0 Å². The summed E-state index contributed by atoms with van der Waals surface area (Å²) in [6.07, 6.45) is 3.42. The number of nitrogens with one attached hydrogen (secondary N) is 2. The zero-order valence-electron chi connectivity index (χ0n) is 9.24. The van der Waals surface area contributed by atoms with Crippen LogP contribution in [0.4, 0.5) is 0 Å². The maximum Gasteiger partial charge on any atom is 0.221 e. The Labute approximate surface area is 95.9 Å². The number of hydrogen-bond acceptors (Lipinski definition) is 4. The van der Waals surface area contributed by atoms with Crippen molar-refractivity contribution in [3.05, 3.63) is 0 Å². The molecule has 0 radical (unpaired) electrons. The second-order valence-corrected chi connectivity index (χ2v) is 6.87. The van der Waals surface area contributed by atoms with Crippen molar-refractivity contribution in [3.63, 3.8) is 0 Å². The lowest BCUT2D eigenvalue weighted by Gasteiger charge is -2.10. The van der Waals surface area contributed by atoms with E-state index in [0.29, 0.717) is 25.4 Å². The molecule has 2 N–H and O–H groups in total. The number of sulfone groups is 1. The molecule has 0 aromatic heterocycles. The molecule has 2 aliphatic rings. The van der Waals surface area contributed by atoms with Crippen LogP contribution in [0.1, 0.15) is 25.7 Å². The van der Waals surface area contributed by atoms with E-state index in [4.69, 9.17) is 0 Å². The molecule has 6 heteroatoms. The number of rotatable bonds is 5. The summed E-state index contributed by atoms with van der Waals surface area (Å²) in [5.41, 5.74) is 0. The minimum atomic E-state index is -2.90. The van der Waals surface area contributed by atoms with Gasteiger partial charge in [0.2, 0.25) is 5.91 Å². The van der Waals surface area contributed by atoms with Crippen LogP contribution < -0.4 is 10.6 Å². The number of carbonyl (C=O) groups is 1. The van der Waals surface area contributed by atoms with Gasteiger partial charge in [-0.15, -0.1) is 0 Å². The lowest BCUT2D eigenvalue weighted by atomic mass is 10.2. The molecular weight excluding hydrogens is 228 g/mol. The highest BCUT2D eigenvalue weighted by atomic mass is 32.2. The van der Waals surface area contributed by atoms with Crippen LogP contribution in [0.15, 0.2) is 0 Å². The Bertz CT molecular complexity index is 362. The van der Waals surface area contributed by atoms with Crippen molar-refractivity contribution < 1.29 is 13.2 Å². The lowest BCUT2D eigenvalue weighted by molar-refractivity contribution is -0.121. The fourth-order valence-corrected chi connectivity index (χ4v) is 3.56. The predicted molar refractivity (Wildman–Crippen MR) is 60.8 cm³/mol. The average molecular weight is 246 g/mol. The quantitative estimate of drug-likeness (QED) is 0.681. The molecular formula is C10H18N2O3S. The van der Waals surface area contributed by atoms with Gasteiger partial charge in [-0.05, 0) is 19.3 Å². The molecule has 1 heterocycles. The van der Waals surface area contributed by atoms with Crippen LogP contribution in [0.5, 0.6) is 0 Å². The summed E-state index contributed by atoms with van der Waals surface area (Å²) >= 11 is 0. The zero-order valence-corrected chi connectivity index (χ0v) is 10.1. The Morgan fingerprint density at radius 1 is 1.19 bits per heavy atom. The molecule has 0 aromatic carbocycles. The average Bonchev–Trinajstić information content (AvgIpc) is 2.92. The van der Waals surface area contributed by atoms with E-state index in [1.54, 1.807) is 0 Å². The fraction of sp³-hybridized carbons (Fsp3) is 0.900. The van der Waals surface area contributed by atoms with E-state index in [1.807, 2.05) is 0 Å². The van der Waals surface area contributed by atoms with Gasteiger partial charge >= 0.3 is 0 Å². The molecule has 2 fully saturated rings. The van der Waals surface area contributed by atoms with Crippen molar-refractivity contribution in [1.29, 1.82) is 0 Å². The number of amides is 1. The summed E-state index contributed by atoms with van der Waals surface area (Å²) in [5.74, 6) is 0.266. The van der Waals surface area contributed by atoms with Crippen molar-refractivity contribution in [2.75, 3.05) is 18.1 Å². The van der Waals surface area contributed by atoms with E-state index in [-0.39, 0.29) is 23.5 Å². The first kappa shape index (κ1) is 11.9. The summed E-state index contributed by atoms with van der Waals surface area (Å²) in [7, 11) is -2.90. The molecule has 16 heavy (non-hydrogen) atoms. The lowest BCUT2D eigenvalue weighted by Crippen LogP contribution is -2.37. The van der Waals surface area contributed by atoms with Gasteiger partial charge in [-0.3, -0.25) is 4.79 Å². The van der Waals surface area contributed by atoms with Crippen LogP contribution in [-0.2, 0) is 14.6 Å². The summed E-state index contributed by atoms with van der Waals surface area (Å²) in [6, 6.07) is 0.443. The first-order chi connectivity index (χ1) is 7.55. The van der Waals surface area contributed by atoms with Gasteiger partial charge in [-0.2, -0.15) is 0 Å². The van der Waals surface area contributed by atoms with Crippen molar-refractivity contribution in [3.8, 4) is 0 Å². The first-order valence-electron chi connectivity index (χ1n) is 5.78. The second kappa shape index (κ2) is 4.71. The molecule has 0 aromatic rings. The van der Waals surface area contributed by atoms with Gasteiger partial charge in [-0.1, -0.05) is 0 Å². The molecule has 1 unspecified atom stereocenters. The number of hydrogen-bond donors (Lipinski definition) is 2. The second-order valence-electron chi connectivity index (χ2n) is 4.65. The van der Waals surface area contributed by atoms with Gasteiger partial charge in [0.05, 0.1) is 11.5 Å². The van der Waals surface area contributed by atoms with E-state index < -0.39 is 9.84 Å². The highest BCUT2D eigenvalue weighted by Gasteiger charge is 2.28. The number of carbonyl (C=O) groups excluding carboxylic acids is 1. The molecule has 1 aliphatic carbocycles. The smallest absolute Gasteiger partial charge is 0.221 e. The topological polar surface area (TPSA) is 75.3 Å². The molecule has 1 aliphatic heterocycles. The molecule has 2 rings (SSSR count). The van der Waals surface area contributed by atoms with Gasteiger partial charge in [-0.25, -0.2) is 8.42 Å². The Balaban J connectivity index is 1.63. The molecule has 1 saturated heterocycles. The minimum Gasteiger partial charge on any atom is -0.352 e. The van der Waals surface area contributed by atoms with Crippen LogP contribution in [0.2, 0.25) is 0 Å². The van der Waals surface area contributed by atoms with E-state index in [0.717, 1.165) is 0 Å². The molecule has 1 atom stereocenters. The van der Waals surface area contributed by atoms with Crippen molar-refractivity contribution in [1.82, 2.24) is 10.6 Å². The summed E-state index contributed by atoms with van der Waals surface area (Å²) in [5, 5.41) is 6.02. The third kappa shape index (κ3) is 3.75. The Hall–Kier alpha value is -0.620. The monoisotopic (exact) mass is 246 g/mol. The third-order valence-corrected chi connectivity index (χ3v) is 4.73. The van der Waals surface area contributed by atoms with E-state index in [1.165, 1.54) is 12.8 Å². The van der Waals surface area contributed by atoms with Gasteiger partial charge in [0.1, 0.15) is 0 Å². The standard InChI is InChI=1S/C10H18N2O3S/c13-10(3-5-11-8-1-2-8)12-9-4-6-16(14,15)7-9/h8-9,11H,1-7H2,(H,12,13). The maximum atomic E-state index is 11.5. The minimum absolute atomic E-state index is 0.0461. The van der Waals surface area contributed by atoms with Crippen LogP contribution in [-0.4, -0.2) is 44.5 Å². The van der Waals surface area contributed by atoms with Gasteiger partial charge in [0.15, 0.2) is 9.84 Å². The molecule has 1 amide bonds. The van der Waals surface area contributed by atoms with Gasteiger partial charge < -0.3 is 10.6 Å². The van der Waals surface area contributed by atoms with Gasteiger partial charge in [0, 0.05) is 25.0 Å². The summed E-state index contributed by atoms with van der Waals surface area (Å²) in [6.45, 7) is 0.690. The van der Waals surface area contributed by atoms with Crippen molar-refractivity contribution in [2.45, 2.75) is 37.8 Å². The van der Waals surface area contributed by atoms with E-state index >= 15 is 0 Å². The predicted octanol–water partition coefficient (Wildman–Crippen LogP) is -0.568. The molecule has 0 bridgehead atoms. The molecule has 0 spiro atoms. The third-order valence-electron chi connectivity index (χ3n) is 2.96. The first-order valence-corrected chi connectivity index (χ1v) is 7.60. The zero-order chi connectivity index (χ0) is 11.6. The normalized spacial score (nSPS) is 27.9. The Morgan fingerprint density at radius 2 is 1.94 bits per heavy atom. The Kier molecular flexibility index (Phi) is 3.49. The molecule has 92 valence electrons. The molecule has 1 saturated carbocycles. The van der Waals surface area contributed by atoms with E-state index in [9.17, 15) is 13.2 Å².